The molecule has 0 unspecified atom stereocenters. The van der Waals surface area contributed by atoms with Crippen molar-refractivity contribution in [2.24, 2.45) is 17.8 Å². The lowest BCUT2D eigenvalue weighted by atomic mass is 9.81. The number of hydrogen-bond acceptors (Lipinski definition) is 3. The Morgan fingerprint density at radius 1 is 1.09 bits per heavy atom. The van der Waals surface area contributed by atoms with Gasteiger partial charge in [-0.25, -0.2) is 0 Å². The van der Waals surface area contributed by atoms with E-state index < -0.39 is 0 Å². The van der Waals surface area contributed by atoms with E-state index in [0.29, 0.717) is 5.92 Å². The van der Waals surface area contributed by atoms with Gasteiger partial charge in [-0.05, 0) is 63.2 Å². The van der Waals surface area contributed by atoms with Gasteiger partial charge in [0.2, 0.25) is 0 Å². The maximum Gasteiger partial charge on any atom is 0.309 e. The first kappa shape index (κ1) is 17.8. The van der Waals surface area contributed by atoms with Crippen molar-refractivity contribution in [1.29, 1.82) is 5.26 Å². The van der Waals surface area contributed by atoms with Crippen LogP contribution in [0.5, 0.6) is 0 Å². The van der Waals surface area contributed by atoms with Crippen molar-refractivity contribution in [3.05, 3.63) is 24.3 Å². The summed E-state index contributed by atoms with van der Waals surface area (Å²) in [5.74, 6) is 1.56. The van der Waals surface area contributed by atoms with Crippen molar-refractivity contribution in [3.8, 4) is 6.07 Å². The Morgan fingerprint density at radius 2 is 1.78 bits per heavy atom. The second-order valence-electron chi connectivity index (χ2n) is 6.97. The van der Waals surface area contributed by atoms with Crippen LogP contribution in [-0.4, -0.2) is 12.1 Å². The summed E-state index contributed by atoms with van der Waals surface area (Å²) in [6.45, 7) is 2.24. The van der Waals surface area contributed by atoms with Gasteiger partial charge in [0.15, 0.2) is 0 Å². The zero-order valence-corrected chi connectivity index (χ0v) is 14.2. The largest absolute Gasteiger partial charge is 0.462 e. The Kier molecular flexibility index (Phi) is 7.39. The van der Waals surface area contributed by atoms with Gasteiger partial charge in [0, 0.05) is 6.08 Å². The summed E-state index contributed by atoms with van der Waals surface area (Å²) in [7, 11) is 0. The highest BCUT2D eigenvalue weighted by Gasteiger charge is 2.29. The third kappa shape index (κ3) is 5.86. The minimum absolute atomic E-state index is 0.0514. The molecule has 0 spiro atoms. The van der Waals surface area contributed by atoms with Gasteiger partial charge in [-0.15, -0.1) is 0 Å². The summed E-state index contributed by atoms with van der Waals surface area (Å²) in [6, 6.07) is 1.98. The van der Waals surface area contributed by atoms with E-state index in [4.69, 9.17) is 10.00 Å². The van der Waals surface area contributed by atoms with Gasteiger partial charge < -0.3 is 4.74 Å². The second-order valence-corrected chi connectivity index (χ2v) is 6.97. The van der Waals surface area contributed by atoms with E-state index >= 15 is 0 Å². The SMILES string of the molecule is CC[C@H]1CC[C@H](C(=O)OC2CCC(/C=C/C=CC#N)CC2)CC1. The standard InChI is InChI=1S/C20H29NO2/c1-2-16-7-11-18(12-8-16)20(22)23-19-13-9-17(10-14-19)6-4-3-5-15-21/h3-6,16-19H,2,7-14H2,1H3/b5-3?,6-4+/t16-,17?,18-,19?. The van der Waals surface area contributed by atoms with Crippen LogP contribution in [0, 0.1) is 29.1 Å². The quantitative estimate of drug-likeness (QED) is 0.410. The maximum absolute atomic E-state index is 12.3. The van der Waals surface area contributed by atoms with Crippen LogP contribution in [0.2, 0.25) is 0 Å². The van der Waals surface area contributed by atoms with Crippen molar-refractivity contribution >= 4 is 5.97 Å². The zero-order valence-electron chi connectivity index (χ0n) is 14.2. The number of nitriles is 1. The van der Waals surface area contributed by atoms with Gasteiger partial charge in [0.25, 0.3) is 0 Å². The highest BCUT2D eigenvalue weighted by molar-refractivity contribution is 5.72. The van der Waals surface area contributed by atoms with E-state index in [-0.39, 0.29) is 18.0 Å². The number of carbonyl (C=O) groups is 1. The number of carbonyl (C=O) groups excluding carboxylic acids is 1. The fraction of sp³-hybridized carbons (Fsp3) is 0.700. The smallest absolute Gasteiger partial charge is 0.309 e. The number of ether oxygens (including phenoxy) is 1. The molecule has 0 radical (unpaired) electrons. The van der Waals surface area contributed by atoms with E-state index in [1.54, 1.807) is 6.08 Å². The normalized spacial score (nSPS) is 32.0. The van der Waals surface area contributed by atoms with Crippen molar-refractivity contribution in [1.82, 2.24) is 0 Å². The Hall–Kier alpha value is -1.56. The van der Waals surface area contributed by atoms with E-state index in [0.717, 1.165) is 44.4 Å². The molecule has 0 bridgehead atoms. The van der Waals surface area contributed by atoms with Crippen molar-refractivity contribution in [2.45, 2.75) is 70.8 Å². The molecule has 0 aromatic carbocycles. The molecule has 0 N–H and O–H groups in total. The van der Waals surface area contributed by atoms with Crippen LogP contribution in [0.15, 0.2) is 24.3 Å². The molecule has 126 valence electrons. The summed E-state index contributed by atoms with van der Waals surface area (Å²) in [5, 5.41) is 8.44. The van der Waals surface area contributed by atoms with Crippen LogP contribution in [0.1, 0.15) is 64.7 Å². The molecule has 2 rings (SSSR count). The van der Waals surface area contributed by atoms with E-state index in [1.807, 2.05) is 12.1 Å². The van der Waals surface area contributed by atoms with E-state index in [1.165, 1.54) is 25.3 Å². The fourth-order valence-corrected chi connectivity index (χ4v) is 3.79. The van der Waals surface area contributed by atoms with Gasteiger partial charge in [0.1, 0.15) is 6.10 Å². The van der Waals surface area contributed by atoms with Gasteiger partial charge >= 0.3 is 5.97 Å². The van der Waals surface area contributed by atoms with Crippen LogP contribution in [0.25, 0.3) is 0 Å². The molecule has 2 saturated carbocycles. The molecule has 3 heteroatoms. The molecule has 2 aliphatic rings. The second kappa shape index (κ2) is 9.55. The number of allylic oxidation sites excluding steroid dienone is 4. The summed E-state index contributed by atoms with van der Waals surface area (Å²) in [5.41, 5.74) is 0. The van der Waals surface area contributed by atoms with Crippen molar-refractivity contribution in [2.75, 3.05) is 0 Å². The first-order valence-electron chi connectivity index (χ1n) is 9.16. The van der Waals surface area contributed by atoms with Crippen molar-refractivity contribution < 1.29 is 9.53 Å². The van der Waals surface area contributed by atoms with Crippen LogP contribution in [0.4, 0.5) is 0 Å². The van der Waals surface area contributed by atoms with E-state index in [2.05, 4.69) is 13.0 Å². The molecule has 0 aliphatic heterocycles. The van der Waals surface area contributed by atoms with E-state index in [9.17, 15) is 4.79 Å². The topological polar surface area (TPSA) is 50.1 Å². The molecule has 0 aromatic rings. The van der Waals surface area contributed by atoms with Gasteiger partial charge in [-0.3, -0.25) is 4.79 Å². The molecule has 0 saturated heterocycles. The average Bonchev–Trinajstić information content (AvgIpc) is 2.60. The summed E-state index contributed by atoms with van der Waals surface area (Å²) in [4.78, 5) is 12.3. The molecule has 3 nitrogen and oxygen atoms in total. The Bertz CT molecular complexity index is 459. The zero-order chi connectivity index (χ0) is 16.5. The highest BCUT2D eigenvalue weighted by atomic mass is 16.5. The lowest BCUT2D eigenvalue weighted by Gasteiger charge is -2.30. The average molecular weight is 315 g/mol. The fourth-order valence-electron chi connectivity index (χ4n) is 3.79. The molecule has 2 aliphatic carbocycles. The van der Waals surface area contributed by atoms with Crippen LogP contribution < -0.4 is 0 Å². The predicted octanol–water partition coefficient (Wildman–Crippen LogP) is 4.94. The molecular formula is C20H29NO2. The molecule has 2 fully saturated rings. The molecular weight excluding hydrogens is 286 g/mol. The van der Waals surface area contributed by atoms with Crippen LogP contribution in [0.3, 0.4) is 0 Å². The summed E-state index contributed by atoms with van der Waals surface area (Å²) < 4.78 is 5.77. The lowest BCUT2D eigenvalue weighted by Crippen LogP contribution is -2.29. The Morgan fingerprint density at radius 3 is 2.39 bits per heavy atom. The first-order chi connectivity index (χ1) is 11.2. The summed E-state index contributed by atoms with van der Waals surface area (Å²) >= 11 is 0. The van der Waals surface area contributed by atoms with Gasteiger partial charge in [-0.2, -0.15) is 5.26 Å². The third-order valence-corrected chi connectivity index (χ3v) is 5.42. The Balaban J connectivity index is 1.68. The number of hydrogen-bond donors (Lipinski definition) is 0. The molecule has 23 heavy (non-hydrogen) atoms. The third-order valence-electron chi connectivity index (χ3n) is 5.42. The molecule has 0 amide bonds. The minimum atomic E-state index is 0.0514. The molecule has 0 aromatic heterocycles. The molecule has 0 heterocycles. The summed E-state index contributed by atoms with van der Waals surface area (Å²) in [6.07, 6.45) is 17.2. The number of nitrogens with zero attached hydrogens (tertiary/aromatic N) is 1. The van der Waals surface area contributed by atoms with Crippen LogP contribution >= 0.6 is 0 Å². The number of esters is 1. The molecule has 0 atom stereocenters. The highest BCUT2D eigenvalue weighted by Crippen LogP contribution is 2.33. The number of rotatable bonds is 5. The Labute approximate surface area is 140 Å². The predicted molar refractivity (Wildman–Crippen MR) is 91.5 cm³/mol. The van der Waals surface area contributed by atoms with Gasteiger partial charge in [0.05, 0.1) is 12.0 Å². The van der Waals surface area contributed by atoms with Crippen LogP contribution in [-0.2, 0) is 9.53 Å². The lowest BCUT2D eigenvalue weighted by molar-refractivity contribution is -0.157. The monoisotopic (exact) mass is 315 g/mol. The van der Waals surface area contributed by atoms with Gasteiger partial charge in [-0.1, -0.05) is 31.6 Å². The minimum Gasteiger partial charge on any atom is -0.462 e. The maximum atomic E-state index is 12.3. The van der Waals surface area contributed by atoms with Crippen molar-refractivity contribution in [3.63, 3.8) is 0 Å². The first-order valence-corrected chi connectivity index (χ1v) is 9.16.